The second-order valence-corrected chi connectivity index (χ2v) is 10.2. The molecular weight excluding hydrogens is 542 g/mol. The van der Waals surface area contributed by atoms with E-state index in [0.29, 0.717) is 57.6 Å². The molecule has 5 rings (SSSR count). The molecule has 10 nitrogen and oxygen atoms in total. The van der Waals surface area contributed by atoms with Gasteiger partial charge < -0.3 is 14.8 Å². The molecule has 0 aliphatic rings. The molecule has 0 spiro atoms. The van der Waals surface area contributed by atoms with Crippen LogP contribution in [0.2, 0.25) is 0 Å². The Hall–Kier alpha value is -4.64. The standard InChI is InChI=1S/C30H29N5O5S/c1-39-24-11-10-20(17-25(24)40-2)12-14-31-27(36)13-16-35-29(38)22-7-3-4-8-23(22)33-30(35)41-19-21-18-28(37)34-15-6-5-9-26(34)32-21/h3-11,15,17-18H,12-14,16,19H2,1-2H3,(H,31,36). The van der Waals surface area contributed by atoms with Gasteiger partial charge in [-0.3, -0.25) is 23.4 Å². The highest BCUT2D eigenvalue weighted by molar-refractivity contribution is 7.98. The largest absolute Gasteiger partial charge is 0.493 e. The average Bonchev–Trinajstić information content (AvgIpc) is 2.99. The number of carbonyl (C=O) groups is 1. The normalized spacial score (nSPS) is 11.1. The van der Waals surface area contributed by atoms with Crippen LogP contribution in [0.1, 0.15) is 17.7 Å². The Morgan fingerprint density at radius 1 is 0.951 bits per heavy atom. The first-order valence-corrected chi connectivity index (χ1v) is 14.0. The van der Waals surface area contributed by atoms with Gasteiger partial charge in [0.15, 0.2) is 16.7 Å². The quantitative estimate of drug-likeness (QED) is 0.189. The number of ether oxygens (including phenoxy) is 2. The summed E-state index contributed by atoms with van der Waals surface area (Å²) in [4.78, 5) is 47.9. The number of benzene rings is 2. The first-order valence-electron chi connectivity index (χ1n) is 13.0. The van der Waals surface area contributed by atoms with Crippen LogP contribution in [-0.4, -0.2) is 45.6 Å². The molecule has 0 saturated heterocycles. The lowest BCUT2D eigenvalue weighted by Crippen LogP contribution is -2.30. The minimum atomic E-state index is -0.220. The van der Waals surface area contributed by atoms with Gasteiger partial charge in [-0.25, -0.2) is 9.97 Å². The van der Waals surface area contributed by atoms with Crippen molar-refractivity contribution in [2.24, 2.45) is 0 Å². The van der Waals surface area contributed by atoms with Crippen molar-refractivity contribution >= 4 is 34.2 Å². The van der Waals surface area contributed by atoms with Gasteiger partial charge in [0.1, 0.15) is 5.65 Å². The fraction of sp³-hybridized carbons (Fsp3) is 0.233. The first kappa shape index (κ1) is 27.9. The maximum absolute atomic E-state index is 13.4. The van der Waals surface area contributed by atoms with E-state index in [2.05, 4.69) is 10.3 Å². The second kappa shape index (κ2) is 12.7. The molecule has 3 aromatic heterocycles. The SMILES string of the molecule is COc1ccc(CCNC(=O)CCn2c(SCc3cc(=O)n4ccccc4n3)nc3ccccc3c2=O)cc1OC. The molecule has 0 saturated carbocycles. The summed E-state index contributed by atoms with van der Waals surface area (Å²) in [6.45, 7) is 0.596. The number of para-hydroxylation sites is 1. The first-order chi connectivity index (χ1) is 20.0. The highest BCUT2D eigenvalue weighted by atomic mass is 32.2. The zero-order chi connectivity index (χ0) is 28.8. The Bertz CT molecular complexity index is 1830. The van der Waals surface area contributed by atoms with Crippen molar-refractivity contribution in [3.8, 4) is 11.5 Å². The van der Waals surface area contributed by atoms with Gasteiger partial charge in [-0.15, -0.1) is 0 Å². The third kappa shape index (κ3) is 6.41. The molecule has 3 heterocycles. The Balaban J connectivity index is 1.28. The van der Waals surface area contributed by atoms with Crippen molar-refractivity contribution in [3.63, 3.8) is 0 Å². The number of nitrogens with one attached hydrogen (secondary N) is 1. The van der Waals surface area contributed by atoms with E-state index in [9.17, 15) is 14.4 Å². The zero-order valence-corrected chi connectivity index (χ0v) is 23.5. The number of hydrogen-bond donors (Lipinski definition) is 1. The molecule has 41 heavy (non-hydrogen) atoms. The smallest absolute Gasteiger partial charge is 0.262 e. The van der Waals surface area contributed by atoms with Crippen LogP contribution in [0.25, 0.3) is 16.6 Å². The molecule has 0 fully saturated rings. The van der Waals surface area contributed by atoms with E-state index in [-0.39, 0.29) is 30.0 Å². The number of nitrogens with zero attached hydrogens (tertiary/aromatic N) is 4. The van der Waals surface area contributed by atoms with Gasteiger partial charge in [0.05, 0.1) is 30.8 Å². The number of methoxy groups -OCH3 is 2. The van der Waals surface area contributed by atoms with Gasteiger partial charge in [0.2, 0.25) is 5.91 Å². The molecule has 0 aliphatic heterocycles. The number of hydrogen-bond acceptors (Lipinski definition) is 8. The molecule has 0 bridgehead atoms. The number of rotatable bonds is 11. The Kier molecular flexibility index (Phi) is 8.64. The third-order valence-corrected chi connectivity index (χ3v) is 7.56. The van der Waals surface area contributed by atoms with E-state index in [0.717, 1.165) is 5.56 Å². The van der Waals surface area contributed by atoms with E-state index in [4.69, 9.17) is 14.5 Å². The molecule has 11 heteroatoms. The minimum Gasteiger partial charge on any atom is -0.493 e. The van der Waals surface area contributed by atoms with Crippen LogP contribution >= 0.6 is 11.8 Å². The summed E-state index contributed by atoms with van der Waals surface area (Å²) in [5, 5.41) is 3.86. The molecule has 0 unspecified atom stereocenters. The maximum Gasteiger partial charge on any atom is 0.262 e. The lowest BCUT2D eigenvalue weighted by Gasteiger charge is -2.13. The van der Waals surface area contributed by atoms with Gasteiger partial charge in [0, 0.05) is 37.5 Å². The van der Waals surface area contributed by atoms with Gasteiger partial charge in [-0.1, -0.05) is 36.0 Å². The Morgan fingerprint density at radius 2 is 1.76 bits per heavy atom. The average molecular weight is 572 g/mol. The predicted molar refractivity (Wildman–Crippen MR) is 158 cm³/mol. The van der Waals surface area contributed by atoms with Crippen LogP contribution in [0.15, 0.2) is 87.7 Å². The highest BCUT2D eigenvalue weighted by Gasteiger charge is 2.14. The minimum absolute atomic E-state index is 0.106. The fourth-order valence-electron chi connectivity index (χ4n) is 4.45. The van der Waals surface area contributed by atoms with E-state index < -0.39 is 0 Å². The number of carbonyl (C=O) groups excluding carboxylic acids is 1. The van der Waals surface area contributed by atoms with Crippen molar-refractivity contribution in [1.29, 1.82) is 0 Å². The van der Waals surface area contributed by atoms with E-state index in [1.807, 2.05) is 30.3 Å². The van der Waals surface area contributed by atoms with E-state index in [1.165, 1.54) is 26.8 Å². The summed E-state index contributed by atoms with van der Waals surface area (Å²) in [5.41, 5.74) is 2.29. The summed E-state index contributed by atoms with van der Waals surface area (Å²) in [5.74, 6) is 1.44. The third-order valence-electron chi connectivity index (χ3n) is 6.55. The van der Waals surface area contributed by atoms with Gasteiger partial charge >= 0.3 is 0 Å². The van der Waals surface area contributed by atoms with Crippen molar-refractivity contribution in [2.75, 3.05) is 20.8 Å². The second-order valence-electron chi connectivity index (χ2n) is 9.21. The summed E-state index contributed by atoms with van der Waals surface area (Å²) in [6, 6.07) is 19.6. The van der Waals surface area contributed by atoms with Crippen molar-refractivity contribution in [3.05, 3.63) is 105 Å². The maximum atomic E-state index is 13.4. The molecule has 0 atom stereocenters. The Morgan fingerprint density at radius 3 is 2.59 bits per heavy atom. The summed E-state index contributed by atoms with van der Waals surface area (Å²) >= 11 is 1.31. The van der Waals surface area contributed by atoms with Crippen LogP contribution in [-0.2, 0) is 23.5 Å². The number of fused-ring (bicyclic) bond motifs is 2. The van der Waals surface area contributed by atoms with Crippen molar-refractivity contribution in [1.82, 2.24) is 24.3 Å². The number of pyridine rings is 1. The van der Waals surface area contributed by atoms with Crippen LogP contribution in [0.5, 0.6) is 11.5 Å². The molecule has 210 valence electrons. The zero-order valence-electron chi connectivity index (χ0n) is 22.7. The van der Waals surface area contributed by atoms with Crippen molar-refractivity contribution < 1.29 is 14.3 Å². The molecule has 0 aliphatic carbocycles. The monoisotopic (exact) mass is 571 g/mol. The van der Waals surface area contributed by atoms with Crippen LogP contribution in [0, 0.1) is 0 Å². The van der Waals surface area contributed by atoms with E-state index in [1.54, 1.807) is 50.7 Å². The predicted octanol–water partition coefficient (Wildman–Crippen LogP) is 3.46. The molecule has 0 radical (unpaired) electrons. The number of amides is 1. The topological polar surface area (TPSA) is 117 Å². The van der Waals surface area contributed by atoms with Gasteiger partial charge in [-0.2, -0.15) is 0 Å². The fourth-order valence-corrected chi connectivity index (χ4v) is 5.37. The summed E-state index contributed by atoms with van der Waals surface area (Å²) in [7, 11) is 3.16. The summed E-state index contributed by atoms with van der Waals surface area (Å²) in [6.07, 6.45) is 2.39. The van der Waals surface area contributed by atoms with Crippen molar-refractivity contribution in [2.45, 2.75) is 30.3 Å². The lowest BCUT2D eigenvalue weighted by atomic mass is 10.1. The van der Waals surface area contributed by atoms with Crippen LogP contribution in [0.3, 0.4) is 0 Å². The molecular formula is C30H29N5O5S. The number of aromatic nitrogens is 4. The number of thioether (sulfide) groups is 1. The Labute approximate surface area is 240 Å². The highest BCUT2D eigenvalue weighted by Crippen LogP contribution is 2.27. The molecule has 1 amide bonds. The summed E-state index contributed by atoms with van der Waals surface area (Å²) < 4.78 is 13.6. The van der Waals surface area contributed by atoms with Crippen LogP contribution < -0.4 is 25.9 Å². The molecule has 5 aromatic rings. The molecule has 2 aromatic carbocycles. The van der Waals surface area contributed by atoms with Gasteiger partial charge in [0.25, 0.3) is 11.1 Å². The van der Waals surface area contributed by atoms with Gasteiger partial charge in [-0.05, 0) is 48.4 Å². The lowest BCUT2D eigenvalue weighted by molar-refractivity contribution is -0.121. The van der Waals surface area contributed by atoms with E-state index >= 15 is 0 Å². The van der Waals surface area contributed by atoms with Crippen LogP contribution in [0.4, 0.5) is 0 Å². The molecule has 1 N–H and O–H groups in total.